The van der Waals surface area contributed by atoms with Gasteiger partial charge in [-0.3, -0.25) is 4.90 Å². The molecule has 1 fully saturated rings. The zero-order valence-electron chi connectivity index (χ0n) is 14.4. The molecule has 7 heteroatoms. The zero-order valence-corrected chi connectivity index (χ0v) is 15.2. The number of alkyl halides is 3. The van der Waals surface area contributed by atoms with Crippen LogP contribution in [-0.2, 0) is 0 Å². The predicted molar refractivity (Wildman–Crippen MR) is 97.6 cm³/mol. The monoisotopic (exact) mass is 382 g/mol. The predicted octanol–water partition coefficient (Wildman–Crippen LogP) is 4.30. The Morgan fingerprint density at radius 3 is 2.00 bits per heavy atom. The van der Waals surface area contributed by atoms with E-state index in [9.17, 15) is 13.2 Å². The van der Waals surface area contributed by atoms with E-state index in [4.69, 9.17) is 0 Å². The summed E-state index contributed by atoms with van der Waals surface area (Å²) in [6, 6.07) is 14.6. The topological polar surface area (TPSA) is 24.5 Å². The third-order valence-corrected chi connectivity index (χ3v) is 5.12. The van der Waals surface area contributed by atoms with Crippen molar-refractivity contribution in [2.24, 2.45) is 0 Å². The first-order valence-electron chi connectivity index (χ1n) is 8.41. The molecular weight excluding hydrogens is 361 g/mol. The van der Waals surface area contributed by atoms with E-state index in [0.717, 1.165) is 37.3 Å². The van der Waals surface area contributed by atoms with Crippen LogP contribution in [0.15, 0.2) is 53.4 Å². The molecule has 2 aromatic rings. The van der Waals surface area contributed by atoms with E-state index in [1.807, 2.05) is 6.26 Å². The molecule has 2 aromatic carbocycles. The van der Waals surface area contributed by atoms with Crippen molar-refractivity contribution < 1.29 is 17.9 Å². The number of rotatable bonds is 5. The molecule has 0 saturated carbocycles. The van der Waals surface area contributed by atoms with Gasteiger partial charge in [0.15, 0.2) is 0 Å². The summed E-state index contributed by atoms with van der Waals surface area (Å²) in [5.74, 6) is -0.196. The van der Waals surface area contributed by atoms with Crippen LogP contribution in [0.25, 0.3) is 0 Å². The standard InChI is InChI=1S/C19H21F3N2OS/c1-26-17-8-4-15(5-9-17)18(24-12-10-23-11-13-24)14-2-6-16(7-3-14)25-19(20,21)22/h2-9,18,23H,10-13H2,1H3/t18-/m0/s1. The molecule has 3 nitrogen and oxygen atoms in total. The van der Waals surface area contributed by atoms with Crippen LogP contribution in [0.2, 0.25) is 0 Å². The minimum Gasteiger partial charge on any atom is -0.406 e. The van der Waals surface area contributed by atoms with Gasteiger partial charge in [-0.1, -0.05) is 24.3 Å². The first kappa shape index (κ1) is 19.1. The molecule has 0 radical (unpaired) electrons. The molecule has 3 rings (SSSR count). The fourth-order valence-corrected chi connectivity index (χ4v) is 3.60. The maximum absolute atomic E-state index is 12.4. The average molecular weight is 382 g/mol. The van der Waals surface area contributed by atoms with Gasteiger partial charge in [0, 0.05) is 31.1 Å². The SMILES string of the molecule is CSc1ccc([C@H](c2ccc(OC(F)(F)F)cc2)N2CCNCC2)cc1. The minimum absolute atomic E-state index is 0.00735. The molecule has 0 spiro atoms. The number of nitrogens with one attached hydrogen (secondary N) is 1. The molecule has 1 heterocycles. The van der Waals surface area contributed by atoms with Crippen molar-refractivity contribution in [3.63, 3.8) is 0 Å². The van der Waals surface area contributed by atoms with E-state index in [0.29, 0.717) is 0 Å². The Morgan fingerprint density at radius 2 is 1.50 bits per heavy atom. The number of piperazine rings is 1. The lowest BCUT2D eigenvalue weighted by Gasteiger charge is -2.35. The Labute approximate surface area is 155 Å². The number of hydrogen-bond donors (Lipinski definition) is 1. The van der Waals surface area contributed by atoms with Crippen molar-refractivity contribution in [1.82, 2.24) is 10.2 Å². The van der Waals surface area contributed by atoms with Crippen LogP contribution in [0, 0.1) is 0 Å². The van der Waals surface area contributed by atoms with Gasteiger partial charge in [-0.25, -0.2) is 0 Å². The van der Waals surface area contributed by atoms with Gasteiger partial charge >= 0.3 is 6.36 Å². The number of hydrogen-bond acceptors (Lipinski definition) is 4. The van der Waals surface area contributed by atoms with Gasteiger partial charge in [0.2, 0.25) is 0 Å². The van der Waals surface area contributed by atoms with E-state index in [2.05, 4.69) is 39.2 Å². The van der Waals surface area contributed by atoms with Crippen LogP contribution in [0.4, 0.5) is 13.2 Å². The second kappa shape index (κ2) is 8.33. The van der Waals surface area contributed by atoms with Crippen LogP contribution in [0.3, 0.4) is 0 Å². The summed E-state index contributed by atoms with van der Waals surface area (Å²) in [4.78, 5) is 3.53. The third kappa shape index (κ3) is 4.93. The molecule has 0 amide bonds. The molecule has 0 aliphatic carbocycles. The van der Waals surface area contributed by atoms with Crippen molar-refractivity contribution in [3.05, 3.63) is 59.7 Å². The van der Waals surface area contributed by atoms with Crippen molar-refractivity contribution in [2.75, 3.05) is 32.4 Å². The van der Waals surface area contributed by atoms with Gasteiger partial charge in [-0.2, -0.15) is 0 Å². The summed E-state index contributed by atoms with van der Waals surface area (Å²) in [5, 5.41) is 3.34. The summed E-state index contributed by atoms with van der Waals surface area (Å²) in [7, 11) is 0. The second-order valence-electron chi connectivity index (χ2n) is 6.08. The number of benzene rings is 2. The minimum atomic E-state index is -4.67. The van der Waals surface area contributed by atoms with E-state index < -0.39 is 6.36 Å². The molecule has 1 N–H and O–H groups in total. The molecular formula is C19H21F3N2OS. The van der Waals surface area contributed by atoms with Crippen LogP contribution in [0.1, 0.15) is 17.2 Å². The molecule has 0 unspecified atom stereocenters. The lowest BCUT2D eigenvalue weighted by Crippen LogP contribution is -2.45. The number of nitrogens with zero attached hydrogens (tertiary/aromatic N) is 1. The normalized spacial score (nSPS) is 17.1. The molecule has 1 aliphatic rings. The highest BCUT2D eigenvalue weighted by atomic mass is 32.2. The fourth-order valence-electron chi connectivity index (χ4n) is 3.19. The second-order valence-corrected chi connectivity index (χ2v) is 6.96. The Hall–Kier alpha value is -1.70. The van der Waals surface area contributed by atoms with E-state index in [-0.39, 0.29) is 11.8 Å². The Kier molecular flexibility index (Phi) is 6.11. The van der Waals surface area contributed by atoms with Gasteiger partial charge in [-0.05, 0) is 41.6 Å². The molecule has 26 heavy (non-hydrogen) atoms. The molecule has 1 aliphatic heterocycles. The molecule has 1 atom stereocenters. The quantitative estimate of drug-likeness (QED) is 0.780. The summed E-state index contributed by atoms with van der Waals surface area (Å²) in [5.41, 5.74) is 2.09. The molecule has 140 valence electrons. The summed E-state index contributed by atoms with van der Waals surface area (Å²) < 4.78 is 41.2. The van der Waals surface area contributed by atoms with E-state index in [1.54, 1.807) is 23.9 Å². The lowest BCUT2D eigenvalue weighted by molar-refractivity contribution is -0.274. The number of ether oxygens (including phenoxy) is 1. The van der Waals surface area contributed by atoms with Gasteiger partial charge in [0.1, 0.15) is 5.75 Å². The van der Waals surface area contributed by atoms with Gasteiger partial charge < -0.3 is 10.1 Å². The van der Waals surface area contributed by atoms with E-state index >= 15 is 0 Å². The smallest absolute Gasteiger partial charge is 0.406 e. The van der Waals surface area contributed by atoms with Crippen molar-refractivity contribution in [3.8, 4) is 5.75 Å². The largest absolute Gasteiger partial charge is 0.573 e. The van der Waals surface area contributed by atoms with Crippen LogP contribution < -0.4 is 10.1 Å². The lowest BCUT2D eigenvalue weighted by atomic mass is 9.96. The molecule has 0 bridgehead atoms. The molecule has 1 saturated heterocycles. The average Bonchev–Trinajstić information content (AvgIpc) is 2.64. The fraction of sp³-hybridized carbons (Fsp3) is 0.368. The maximum atomic E-state index is 12.4. The van der Waals surface area contributed by atoms with Gasteiger partial charge in [-0.15, -0.1) is 24.9 Å². The zero-order chi connectivity index (χ0) is 18.6. The highest BCUT2D eigenvalue weighted by Crippen LogP contribution is 2.32. The number of thioether (sulfide) groups is 1. The highest BCUT2D eigenvalue weighted by Gasteiger charge is 2.31. The highest BCUT2D eigenvalue weighted by molar-refractivity contribution is 7.98. The third-order valence-electron chi connectivity index (χ3n) is 4.38. The molecule has 0 aromatic heterocycles. The Bertz CT molecular complexity index is 698. The number of halogens is 3. The van der Waals surface area contributed by atoms with E-state index in [1.165, 1.54) is 17.0 Å². The van der Waals surface area contributed by atoms with Crippen molar-refractivity contribution >= 4 is 11.8 Å². The van der Waals surface area contributed by atoms with Crippen LogP contribution >= 0.6 is 11.8 Å². The Balaban J connectivity index is 1.89. The van der Waals surface area contributed by atoms with Crippen LogP contribution in [-0.4, -0.2) is 43.7 Å². The summed E-state index contributed by atoms with van der Waals surface area (Å²) in [6.07, 6.45) is -2.64. The van der Waals surface area contributed by atoms with Crippen molar-refractivity contribution in [2.45, 2.75) is 17.3 Å². The Morgan fingerprint density at radius 1 is 0.962 bits per heavy atom. The van der Waals surface area contributed by atoms with Crippen LogP contribution in [0.5, 0.6) is 5.75 Å². The van der Waals surface area contributed by atoms with Gasteiger partial charge in [0.25, 0.3) is 0 Å². The first-order chi connectivity index (χ1) is 12.5. The maximum Gasteiger partial charge on any atom is 0.573 e. The summed E-state index contributed by atoms with van der Waals surface area (Å²) in [6.45, 7) is 3.56. The first-order valence-corrected chi connectivity index (χ1v) is 9.63. The van der Waals surface area contributed by atoms with Crippen molar-refractivity contribution in [1.29, 1.82) is 0 Å². The summed E-state index contributed by atoms with van der Waals surface area (Å²) >= 11 is 1.68. The van der Waals surface area contributed by atoms with Gasteiger partial charge in [0.05, 0.1) is 6.04 Å².